The molecule has 1 aromatic carbocycles. The molecule has 1 aromatic heterocycles. The van der Waals surface area contributed by atoms with E-state index in [1.165, 1.54) is 11.1 Å². The molecule has 0 bridgehead atoms. The Balaban J connectivity index is 0.00000364. The van der Waals surface area contributed by atoms with Gasteiger partial charge in [0.15, 0.2) is 5.96 Å². The molecule has 0 amide bonds. The summed E-state index contributed by atoms with van der Waals surface area (Å²) in [4.78, 5) is 10.6. The van der Waals surface area contributed by atoms with Gasteiger partial charge in [-0.25, -0.2) is 4.98 Å². The van der Waals surface area contributed by atoms with Crippen molar-refractivity contribution >= 4 is 35.8 Å². The Morgan fingerprint density at radius 3 is 2.63 bits per heavy atom. The van der Waals surface area contributed by atoms with Gasteiger partial charge in [-0.1, -0.05) is 17.7 Å². The molecule has 1 heterocycles. The van der Waals surface area contributed by atoms with Crippen LogP contribution in [0.3, 0.4) is 0 Å². The summed E-state index contributed by atoms with van der Waals surface area (Å²) >= 11 is 0. The summed E-state index contributed by atoms with van der Waals surface area (Å²) in [5.74, 6) is 2.65. The molecule has 0 saturated carbocycles. The van der Waals surface area contributed by atoms with E-state index in [9.17, 15) is 0 Å². The predicted octanol–water partition coefficient (Wildman–Crippen LogP) is 2.99. The highest BCUT2D eigenvalue weighted by Crippen LogP contribution is 2.19. The monoisotopic (exact) mass is 483 g/mol. The summed E-state index contributed by atoms with van der Waals surface area (Å²) in [6.45, 7) is 3.56. The van der Waals surface area contributed by atoms with Crippen molar-refractivity contribution in [1.82, 2.24) is 15.6 Å². The van der Waals surface area contributed by atoms with Gasteiger partial charge in [0.1, 0.15) is 11.6 Å². The second-order valence-electron chi connectivity index (χ2n) is 6.33. The zero-order valence-corrected chi connectivity index (χ0v) is 19.1. The lowest BCUT2D eigenvalue weighted by molar-refractivity contribution is 0.409. The van der Waals surface area contributed by atoms with Crippen molar-refractivity contribution in [3.05, 3.63) is 53.2 Å². The summed E-state index contributed by atoms with van der Waals surface area (Å²) in [6.07, 6.45) is 2.69. The van der Waals surface area contributed by atoms with Crippen LogP contribution >= 0.6 is 24.0 Å². The van der Waals surface area contributed by atoms with E-state index < -0.39 is 0 Å². The first-order valence-corrected chi connectivity index (χ1v) is 8.73. The third-order valence-corrected chi connectivity index (χ3v) is 4.07. The van der Waals surface area contributed by atoms with E-state index in [4.69, 9.17) is 4.74 Å². The molecular formula is C20H30IN5O. The van der Waals surface area contributed by atoms with Crippen LogP contribution in [0.2, 0.25) is 0 Å². The Bertz CT molecular complexity index is 749. The standard InChI is InChI=1S/C20H29N5O.HI/c1-15-6-7-18(26-5)17(12-15)9-11-23-20(21-2)24-14-16-8-10-22-19(13-16)25(3)4;/h6-8,10,12-13H,9,11,14H2,1-5H3,(H2,21,23,24);1H. The van der Waals surface area contributed by atoms with Crippen molar-refractivity contribution in [3.63, 3.8) is 0 Å². The molecule has 2 N–H and O–H groups in total. The van der Waals surface area contributed by atoms with Crippen LogP contribution in [0, 0.1) is 6.92 Å². The number of hydrogen-bond donors (Lipinski definition) is 2. The van der Waals surface area contributed by atoms with Gasteiger partial charge in [-0.05, 0) is 42.7 Å². The van der Waals surface area contributed by atoms with Gasteiger partial charge in [-0.3, -0.25) is 4.99 Å². The maximum absolute atomic E-state index is 5.44. The molecule has 0 aliphatic carbocycles. The molecule has 0 aliphatic rings. The zero-order valence-electron chi connectivity index (χ0n) is 16.7. The van der Waals surface area contributed by atoms with Crippen LogP contribution in [0.15, 0.2) is 41.5 Å². The van der Waals surface area contributed by atoms with E-state index in [0.29, 0.717) is 6.54 Å². The fourth-order valence-corrected chi connectivity index (χ4v) is 2.64. The number of ether oxygens (including phenoxy) is 1. The average molecular weight is 483 g/mol. The van der Waals surface area contributed by atoms with Crippen molar-refractivity contribution in [3.8, 4) is 5.75 Å². The largest absolute Gasteiger partial charge is 0.496 e. The van der Waals surface area contributed by atoms with Crippen LogP contribution in [0.4, 0.5) is 5.82 Å². The van der Waals surface area contributed by atoms with Crippen LogP contribution in [0.1, 0.15) is 16.7 Å². The molecule has 0 saturated heterocycles. The summed E-state index contributed by atoms with van der Waals surface area (Å²) in [5.41, 5.74) is 3.59. The van der Waals surface area contributed by atoms with Gasteiger partial charge in [-0.2, -0.15) is 0 Å². The number of nitrogens with zero attached hydrogens (tertiary/aromatic N) is 3. The third-order valence-electron chi connectivity index (χ3n) is 4.07. The molecule has 0 radical (unpaired) electrons. The van der Waals surface area contributed by atoms with E-state index >= 15 is 0 Å². The molecule has 7 heteroatoms. The number of aromatic nitrogens is 1. The van der Waals surface area contributed by atoms with Crippen molar-refractivity contribution in [2.75, 3.05) is 39.7 Å². The molecule has 6 nitrogen and oxygen atoms in total. The quantitative estimate of drug-likeness (QED) is 0.360. The third kappa shape index (κ3) is 7.24. The number of pyridine rings is 1. The van der Waals surface area contributed by atoms with Crippen molar-refractivity contribution in [1.29, 1.82) is 0 Å². The second-order valence-corrected chi connectivity index (χ2v) is 6.33. The number of hydrogen-bond acceptors (Lipinski definition) is 4. The van der Waals surface area contributed by atoms with Crippen LogP contribution in [-0.2, 0) is 13.0 Å². The Kier molecular flexibility index (Phi) is 9.92. The van der Waals surface area contributed by atoms with Gasteiger partial charge < -0.3 is 20.3 Å². The highest BCUT2D eigenvalue weighted by molar-refractivity contribution is 14.0. The minimum atomic E-state index is 0. The second kappa shape index (κ2) is 11.6. The maximum Gasteiger partial charge on any atom is 0.191 e. The first-order chi connectivity index (χ1) is 12.5. The molecule has 0 spiro atoms. The molecule has 0 fully saturated rings. The number of methoxy groups -OCH3 is 1. The fourth-order valence-electron chi connectivity index (χ4n) is 2.64. The number of aryl methyl sites for hydroxylation is 1. The lowest BCUT2D eigenvalue weighted by Gasteiger charge is -2.15. The maximum atomic E-state index is 5.44. The van der Waals surface area contributed by atoms with Crippen LogP contribution < -0.4 is 20.3 Å². The smallest absolute Gasteiger partial charge is 0.191 e. The van der Waals surface area contributed by atoms with E-state index in [2.05, 4.69) is 45.7 Å². The summed E-state index contributed by atoms with van der Waals surface area (Å²) in [5, 5.41) is 6.69. The van der Waals surface area contributed by atoms with Crippen molar-refractivity contribution in [2.24, 2.45) is 4.99 Å². The molecule has 2 rings (SSSR count). The minimum absolute atomic E-state index is 0. The molecule has 0 unspecified atom stereocenters. The lowest BCUT2D eigenvalue weighted by atomic mass is 10.1. The summed E-state index contributed by atoms with van der Waals surface area (Å²) in [6, 6.07) is 10.3. The van der Waals surface area contributed by atoms with E-state index in [-0.39, 0.29) is 24.0 Å². The number of halogens is 1. The van der Waals surface area contributed by atoms with Gasteiger partial charge in [0.05, 0.1) is 7.11 Å². The number of anilines is 1. The van der Waals surface area contributed by atoms with Gasteiger partial charge in [0.2, 0.25) is 0 Å². The van der Waals surface area contributed by atoms with Crippen LogP contribution in [0.5, 0.6) is 5.75 Å². The van der Waals surface area contributed by atoms with Crippen LogP contribution in [-0.4, -0.2) is 45.7 Å². The normalized spacial score (nSPS) is 10.8. The number of benzene rings is 1. The highest BCUT2D eigenvalue weighted by Gasteiger charge is 2.05. The first-order valence-electron chi connectivity index (χ1n) is 8.73. The van der Waals surface area contributed by atoms with Gasteiger partial charge >= 0.3 is 0 Å². The van der Waals surface area contributed by atoms with Crippen LogP contribution in [0.25, 0.3) is 0 Å². The minimum Gasteiger partial charge on any atom is -0.496 e. The highest BCUT2D eigenvalue weighted by atomic mass is 127. The molecule has 27 heavy (non-hydrogen) atoms. The SMILES string of the molecule is CN=C(NCCc1cc(C)ccc1OC)NCc1ccnc(N(C)C)c1.I. The first kappa shape index (κ1) is 23.0. The molecule has 0 aliphatic heterocycles. The number of guanidine groups is 1. The van der Waals surface area contributed by atoms with Crippen molar-refractivity contribution in [2.45, 2.75) is 19.9 Å². The van der Waals surface area contributed by atoms with E-state index in [0.717, 1.165) is 36.1 Å². The Hall–Kier alpha value is -2.03. The van der Waals surface area contributed by atoms with Gasteiger partial charge in [0.25, 0.3) is 0 Å². The number of rotatable bonds is 7. The Morgan fingerprint density at radius 2 is 1.96 bits per heavy atom. The van der Waals surface area contributed by atoms with Crippen molar-refractivity contribution < 1.29 is 4.74 Å². The fraction of sp³-hybridized carbons (Fsp3) is 0.400. The predicted molar refractivity (Wildman–Crippen MR) is 124 cm³/mol. The number of aliphatic imine (C=N–C) groups is 1. The topological polar surface area (TPSA) is 61.8 Å². The van der Waals surface area contributed by atoms with Gasteiger partial charge in [0, 0.05) is 40.4 Å². The molecule has 0 atom stereocenters. The molecule has 148 valence electrons. The summed E-state index contributed by atoms with van der Waals surface area (Å²) in [7, 11) is 7.46. The van der Waals surface area contributed by atoms with Gasteiger partial charge in [-0.15, -0.1) is 24.0 Å². The Morgan fingerprint density at radius 1 is 1.19 bits per heavy atom. The van der Waals surface area contributed by atoms with E-state index in [1.807, 2.05) is 37.3 Å². The Labute approximate surface area is 179 Å². The number of nitrogens with one attached hydrogen (secondary N) is 2. The average Bonchev–Trinajstić information content (AvgIpc) is 2.65. The zero-order chi connectivity index (χ0) is 18.9. The molecule has 2 aromatic rings. The lowest BCUT2D eigenvalue weighted by Crippen LogP contribution is -2.37. The van der Waals surface area contributed by atoms with E-state index in [1.54, 1.807) is 14.2 Å². The summed E-state index contributed by atoms with van der Waals surface area (Å²) < 4.78 is 5.44. The molecular weight excluding hydrogens is 453 g/mol.